The van der Waals surface area contributed by atoms with Crippen LogP contribution in [0.2, 0.25) is 0 Å². The minimum atomic E-state index is -0.844. The number of carbonyl (C=O) groups is 1. The number of halogens is 2. The van der Waals surface area contributed by atoms with Gasteiger partial charge in [-0.05, 0) is 34.0 Å². The molecule has 1 unspecified atom stereocenters. The SMILES string of the molecule is COc1c(Br)cc(Br)cc1CNC(C(=O)O)C(C)C. The Morgan fingerprint density at radius 2 is 2.05 bits per heavy atom. The number of hydrogen-bond acceptors (Lipinski definition) is 3. The molecule has 0 spiro atoms. The van der Waals surface area contributed by atoms with Crippen molar-refractivity contribution in [3.8, 4) is 5.75 Å². The minimum Gasteiger partial charge on any atom is -0.495 e. The quantitative estimate of drug-likeness (QED) is 0.776. The maximum absolute atomic E-state index is 11.1. The van der Waals surface area contributed by atoms with Gasteiger partial charge in [0.15, 0.2) is 0 Å². The van der Waals surface area contributed by atoms with Crippen LogP contribution in [0.3, 0.4) is 0 Å². The third-order valence-corrected chi connectivity index (χ3v) is 3.78. The molecule has 0 aromatic heterocycles. The van der Waals surface area contributed by atoms with Gasteiger partial charge in [0.2, 0.25) is 0 Å². The summed E-state index contributed by atoms with van der Waals surface area (Å²) in [7, 11) is 1.59. The second-order valence-corrected chi connectivity index (χ2v) is 6.29. The van der Waals surface area contributed by atoms with Gasteiger partial charge in [-0.2, -0.15) is 0 Å². The molecule has 19 heavy (non-hydrogen) atoms. The van der Waals surface area contributed by atoms with Crippen molar-refractivity contribution >= 4 is 37.8 Å². The van der Waals surface area contributed by atoms with Crippen LogP contribution in [0.15, 0.2) is 21.1 Å². The van der Waals surface area contributed by atoms with Crippen molar-refractivity contribution < 1.29 is 14.6 Å². The Balaban J connectivity index is 2.90. The van der Waals surface area contributed by atoms with Crippen LogP contribution in [0.25, 0.3) is 0 Å². The molecule has 0 heterocycles. The monoisotopic (exact) mass is 393 g/mol. The van der Waals surface area contributed by atoms with Crippen LogP contribution < -0.4 is 10.1 Å². The number of carboxylic acid groups (broad SMARTS) is 1. The van der Waals surface area contributed by atoms with Gasteiger partial charge in [0.1, 0.15) is 11.8 Å². The molecule has 0 aliphatic heterocycles. The van der Waals surface area contributed by atoms with Gasteiger partial charge >= 0.3 is 5.97 Å². The molecule has 1 rings (SSSR count). The minimum absolute atomic E-state index is 0.0130. The van der Waals surface area contributed by atoms with Gasteiger partial charge in [-0.1, -0.05) is 29.8 Å². The number of methoxy groups -OCH3 is 1. The van der Waals surface area contributed by atoms with Crippen molar-refractivity contribution in [1.29, 1.82) is 0 Å². The molecule has 2 N–H and O–H groups in total. The van der Waals surface area contributed by atoms with Crippen molar-refractivity contribution in [3.63, 3.8) is 0 Å². The van der Waals surface area contributed by atoms with Gasteiger partial charge in [0.25, 0.3) is 0 Å². The van der Waals surface area contributed by atoms with Crippen LogP contribution in [0.4, 0.5) is 0 Å². The largest absolute Gasteiger partial charge is 0.495 e. The zero-order valence-corrected chi connectivity index (χ0v) is 14.2. The third kappa shape index (κ3) is 4.47. The molecule has 0 aliphatic rings. The maximum Gasteiger partial charge on any atom is 0.320 e. The van der Waals surface area contributed by atoms with E-state index in [1.165, 1.54) is 0 Å². The predicted molar refractivity (Wildman–Crippen MR) is 81.5 cm³/mol. The molecular weight excluding hydrogens is 378 g/mol. The van der Waals surface area contributed by atoms with E-state index in [0.29, 0.717) is 12.3 Å². The summed E-state index contributed by atoms with van der Waals surface area (Å²) in [5, 5.41) is 12.2. The normalized spacial score (nSPS) is 12.5. The van der Waals surface area contributed by atoms with Crippen LogP contribution >= 0.6 is 31.9 Å². The van der Waals surface area contributed by atoms with Gasteiger partial charge < -0.3 is 9.84 Å². The van der Waals surface area contributed by atoms with Gasteiger partial charge in [0, 0.05) is 16.6 Å². The molecule has 0 saturated heterocycles. The van der Waals surface area contributed by atoms with E-state index in [0.717, 1.165) is 14.5 Å². The maximum atomic E-state index is 11.1. The van der Waals surface area contributed by atoms with E-state index in [1.807, 2.05) is 26.0 Å². The number of ether oxygens (including phenoxy) is 1. The highest BCUT2D eigenvalue weighted by Gasteiger charge is 2.21. The van der Waals surface area contributed by atoms with Crippen LogP contribution in [-0.2, 0) is 11.3 Å². The van der Waals surface area contributed by atoms with Crippen LogP contribution in [0, 0.1) is 5.92 Å². The van der Waals surface area contributed by atoms with E-state index in [2.05, 4.69) is 37.2 Å². The second kappa shape index (κ2) is 7.26. The van der Waals surface area contributed by atoms with E-state index < -0.39 is 12.0 Å². The lowest BCUT2D eigenvalue weighted by molar-refractivity contribution is -0.140. The summed E-state index contributed by atoms with van der Waals surface area (Å²) >= 11 is 6.84. The lowest BCUT2D eigenvalue weighted by Crippen LogP contribution is -2.40. The molecule has 106 valence electrons. The molecule has 1 atom stereocenters. The first-order chi connectivity index (χ1) is 8.86. The highest BCUT2D eigenvalue weighted by Crippen LogP contribution is 2.32. The average molecular weight is 395 g/mol. The Kier molecular flexibility index (Phi) is 6.29. The number of carboxylic acids is 1. The van der Waals surface area contributed by atoms with Crippen LogP contribution in [0.5, 0.6) is 5.75 Å². The van der Waals surface area contributed by atoms with Gasteiger partial charge in [0.05, 0.1) is 11.6 Å². The number of hydrogen-bond donors (Lipinski definition) is 2. The Morgan fingerprint density at radius 3 is 2.53 bits per heavy atom. The smallest absolute Gasteiger partial charge is 0.320 e. The Hall–Kier alpha value is -0.590. The van der Waals surface area contributed by atoms with Crippen LogP contribution in [0.1, 0.15) is 19.4 Å². The predicted octanol–water partition coefficient (Wildman–Crippen LogP) is 3.42. The van der Waals surface area contributed by atoms with E-state index >= 15 is 0 Å². The summed E-state index contributed by atoms with van der Waals surface area (Å²) in [5.74, 6) is -0.120. The molecular formula is C13H17Br2NO3. The number of aliphatic carboxylic acids is 1. The summed E-state index contributed by atoms with van der Waals surface area (Å²) in [4.78, 5) is 11.1. The molecule has 0 bridgehead atoms. The summed E-state index contributed by atoms with van der Waals surface area (Å²) in [6.45, 7) is 4.18. The molecule has 1 aromatic rings. The first-order valence-corrected chi connectivity index (χ1v) is 7.43. The lowest BCUT2D eigenvalue weighted by Gasteiger charge is -2.19. The first kappa shape index (κ1) is 16.5. The number of rotatable bonds is 6. The fourth-order valence-corrected chi connectivity index (χ4v) is 3.28. The van der Waals surface area contributed by atoms with Crippen molar-refractivity contribution in [1.82, 2.24) is 5.32 Å². The van der Waals surface area contributed by atoms with Gasteiger partial charge in [-0.25, -0.2) is 0 Å². The summed E-state index contributed by atoms with van der Waals surface area (Å²) in [6.07, 6.45) is 0. The van der Waals surface area contributed by atoms with Crippen molar-refractivity contribution in [3.05, 3.63) is 26.6 Å². The topological polar surface area (TPSA) is 58.6 Å². The van der Waals surface area contributed by atoms with E-state index in [1.54, 1.807) is 7.11 Å². The number of nitrogens with one attached hydrogen (secondary N) is 1. The second-order valence-electron chi connectivity index (χ2n) is 4.52. The summed E-state index contributed by atoms with van der Waals surface area (Å²) in [5.41, 5.74) is 0.899. The van der Waals surface area contributed by atoms with Crippen molar-refractivity contribution in [2.24, 2.45) is 5.92 Å². The molecule has 0 amide bonds. The fraction of sp³-hybridized carbons (Fsp3) is 0.462. The van der Waals surface area contributed by atoms with Gasteiger partial charge in [-0.15, -0.1) is 0 Å². The molecule has 4 nitrogen and oxygen atoms in total. The fourth-order valence-electron chi connectivity index (χ4n) is 1.80. The zero-order valence-electron chi connectivity index (χ0n) is 11.0. The molecule has 0 saturated carbocycles. The highest BCUT2D eigenvalue weighted by molar-refractivity contribution is 9.11. The van der Waals surface area contributed by atoms with Crippen molar-refractivity contribution in [2.45, 2.75) is 26.4 Å². The van der Waals surface area contributed by atoms with E-state index in [9.17, 15) is 4.79 Å². The van der Waals surface area contributed by atoms with Gasteiger partial charge in [-0.3, -0.25) is 10.1 Å². The van der Waals surface area contributed by atoms with Crippen LogP contribution in [-0.4, -0.2) is 24.2 Å². The van der Waals surface area contributed by atoms with E-state index in [4.69, 9.17) is 9.84 Å². The molecule has 1 aromatic carbocycles. The molecule has 0 fully saturated rings. The molecule has 0 aliphatic carbocycles. The lowest BCUT2D eigenvalue weighted by atomic mass is 10.0. The Morgan fingerprint density at radius 1 is 1.42 bits per heavy atom. The summed E-state index contributed by atoms with van der Waals surface area (Å²) in [6, 6.07) is 3.22. The molecule has 0 radical (unpaired) electrons. The average Bonchev–Trinajstić information content (AvgIpc) is 2.27. The highest BCUT2D eigenvalue weighted by atomic mass is 79.9. The number of benzene rings is 1. The zero-order chi connectivity index (χ0) is 14.6. The summed E-state index contributed by atoms with van der Waals surface area (Å²) < 4.78 is 7.07. The Bertz CT molecular complexity index is 463. The van der Waals surface area contributed by atoms with E-state index in [-0.39, 0.29) is 5.92 Å². The Labute approximate surface area is 129 Å². The third-order valence-electron chi connectivity index (χ3n) is 2.73. The molecule has 6 heteroatoms. The standard InChI is InChI=1S/C13H17Br2NO3/c1-7(2)11(13(17)18)16-6-8-4-9(14)5-10(15)12(8)19-3/h4-5,7,11,16H,6H2,1-3H3,(H,17,18). The van der Waals surface area contributed by atoms with Crippen molar-refractivity contribution in [2.75, 3.05) is 7.11 Å². The first-order valence-electron chi connectivity index (χ1n) is 5.85.